The SMILES string of the molecule is Cc1ccc(NC(=O)c2ccc(N=Nc3ccc(C(=O)Nc4ccc(C)cc4)cc3)cc2)cc1. The first-order chi connectivity index (χ1) is 16.5. The lowest BCUT2D eigenvalue weighted by Gasteiger charge is -2.06. The molecule has 0 atom stereocenters. The summed E-state index contributed by atoms with van der Waals surface area (Å²) in [6.45, 7) is 3.99. The lowest BCUT2D eigenvalue weighted by atomic mass is 10.1. The molecule has 0 aliphatic heterocycles. The number of hydrogen-bond donors (Lipinski definition) is 2. The molecule has 2 N–H and O–H groups in total. The Labute approximate surface area is 198 Å². The van der Waals surface area contributed by atoms with Crippen molar-refractivity contribution in [2.75, 3.05) is 10.6 Å². The standard InChI is InChI=1S/C28H24N4O2/c1-19-3-11-23(12-4-19)29-27(33)21-7-15-25(16-8-21)31-32-26-17-9-22(10-18-26)28(34)30-24-13-5-20(2)6-14-24/h3-18H,1-2H3,(H,29,33)(H,30,34). The van der Waals surface area contributed by atoms with Crippen LogP contribution in [-0.4, -0.2) is 11.8 Å². The van der Waals surface area contributed by atoms with Crippen LogP contribution in [0, 0.1) is 13.8 Å². The van der Waals surface area contributed by atoms with Gasteiger partial charge in [-0.05, 0) is 86.6 Å². The van der Waals surface area contributed by atoms with E-state index in [0.717, 1.165) is 22.5 Å². The highest BCUT2D eigenvalue weighted by molar-refractivity contribution is 6.05. The van der Waals surface area contributed by atoms with Gasteiger partial charge in [0.15, 0.2) is 0 Å². The topological polar surface area (TPSA) is 82.9 Å². The van der Waals surface area contributed by atoms with Crippen molar-refractivity contribution in [3.63, 3.8) is 0 Å². The summed E-state index contributed by atoms with van der Waals surface area (Å²) in [6.07, 6.45) is 0. The Kier molecular flexibility index (Phi) is 6.89. The van der Waals surface area contributed by atoms with Gasteiger partial charge in [-0.25, -0.2) is 0 Å². The largest absolute Gasteiger partial charge is 0.322 e. The number of carbonyl (C=O) groups is 2. The molecule has 2 amide bonds. The molecule has 0 bridgehead atoms. The summed E-state index contributed by atoms with van der Waals surface area (Å²) in [7, 11) is 0. The number of aryl methyl sites for hydroxylation is 2. The van der Waals surface area contributed by atoms with E-state index in [2.05, 4.69) is 20.9 Å². The van der Waals surface area contributed by atoms with Crippen LogP contribution < -0.4 is 10.6 Å². The molecule has 4 aromatic carbocycles. The van der Waals surface area contributed by atoms with Crippen LogP contribution in [-0.2, 0) is 0 Å². The van der Waals surface area contributed by atoms with Gasteiger partial charge in [-0.1, -0.05) is 35.4 Å². The van der Waals surface area contributed by atoms with E-state index < -0.39 is 0 Å². The Balaban J connectivity index is 1.34. The Bertz CT molecular complexity index is 1200. The fourth-order valence-corrected chi connectivity index (χ4v) is 3.15. The van der Waals surface area contributed by atoms with E-state index in [1.54, 1.807) is 48.5 Å². The number of azo groups is 1. The fraction of sp³-hybridized carbons (Fsp3) is 0.0714. The Hall–Kier alpha value is -4.58. The number of benzene rings is 4. The van der Waals surface area contributed by atoms with Gasteiger partial charge in [0.05, 0.1) is 11.4 Å². The number of hydrogen-bond acceptors (Lipinski definition) is 4. The molecular formula is C28H24N4O2. The number of nitrogens with one attached hydrogen (secondary N) is 2. The molecule has 0 fully saturated rings. The maximum atomic E-state index is 12.4. The van der Waals surface area contributed by atoms with Crippen LogP contribution in [0.2, 0.25) is 0 Å². The summed E-state index contributed by atoms with van der Waals surface area (Å²) in [6, 6.07) is 29.0. The van der Waals surface area contributed by atoms with Gasteiger partial charge in [0.25, 0.3) is 11.8 Å². The molecule has 0 aromatic heterocycles. The summed E-state index contributed by atoms with van der Waals surface area (Å²) >= 11 is 0. The molecule has 34 heavy (non-hydrogen) atoms. The molecule has 0 saturated heterocycles. The lowest BCUT2D eigenvalue weighted by Crippen LogP contribution is -2.11. The molecule has 0 heterocycles. The quantitative estimate of drug-likeness (QED) is 0.305. The van der Waals surface area contributed by atoms with E-state index in [4.69, 9.17) is 0 Å². The van der Waals surface area contributed by atoms with Crippen LogP contribution in [0.5, 0.6) is 0 Å². The Morgan fingerprint density at radius 1 is 0.500 bits per heavy atom. The minimum atomic E-state index is -0.188. The highest BCUT2D eigenvalue weighted by Gasteiger charge is 2.07. The summed E-state index contributed by atoms with van der Waals surface area (Å²) in [5, 5.41) is 14.2. The second-order valence-corrected chi connectivity index (χ2v) is 7.93. The van der Waals surface area contributed by atoms with E-state index in [0.29, 0.717) is 22.5 Å². The Morgan fingerprint density at radius 3 is 1.15 bits per heavy atom. The van der Waals surface area contributed by atoms with E-state index in [-0.39, 0.29) is 11.8 Å². The molecule has 4 aromatic rings. The molecule has 168 valence electrons. The minimum Gasteiger partial charge on any atom is -0.322 e. The van der Waals surface area contributed by atoms with E-state index >= 15 is 0 Å². The maximum Gasteiger partial charge on any atom is 0.255 e. The van der Waals surface area contributed by atoms with Crippen LogP contribution in [0.4, 0.5) is 22.7 Å². The number of carbonyl (C=O) groups excluding carboxylic acids is 2. The average molecular weight is 449 g/mol. The zero-order valence-electron chi connectivity index (χ0n) is 18.9. The van der Waals surface area contributed by atoms with Crippen molar-refractivity contribution in [3.8, 4) is 0 Å². The third-order valence-corrected chi connectivity index (χ3v) is 5.16. The molecule has 0 spiro atoms. The van der Waals surface area contributed by atoms with Gasteiger partial charge in [0, 0.05) is 22.5 Å². The smallest absolute Gasteiger partial charge is 0.255 e. The average Bonchev–Trinajstić information content (AvgIpc) is 2.86. The van der Waals surface area contributed by atoms with Crippen molar-refractivity contribution < 1.29 is 9.59 Å². The van der Waals surface area contributed by atoms with Gasteiger partial charge in [0.1, 0.15) is 0 Å². The van der Waals surface area contributed by atoms with Gasteiger partial charge in [0.2, 0.25) is 0 Å². The van der Waals surface area contributed by atoms with Gasteiger partial charge in [-0.15, -0.1) is 0 Å². The molecular weight excluding hydrogens is 424 g/mol. The fourth-order valence-electron chi connectivity index (χ4n) is 3.15. The molecule has 0 aliphatic carbocycles. The van der Waals surface area contributed by atoms with Crippen molar-refractivity contribution >= 4 is 34.6 Å². The first kappa shape index (κ1) is 22.6. The zero-order valence-corrected chi connectivity index (χ0v) is 18.9. The monoisotopic (exact) mass is 448 g/mol. The first-order valence-electron chi connectivity index (χ1n) is 10.8. The lowest BCUT2D eigenvalue weighted by molar-refractivity contribution is 0.101. The minimum absolute atomic E-state index is 0.188. The van der Waals surface area contributed by atoms with Gasteiger partial charge >= 0.3 is 0 Å². The second kappa shape index (κ2) is 10.4. The van der Waals surface area contributed by atoms with Crippen LogP contribution >= 0.6 is 0 Å². The highest BCUT2D eigenvalue weighted by Crippen LogP contribution is 2.20. The van der Waals surface area contributed by atoms with E-state index in [1.807, 2.05) is 62.4 Å². The third-order valence-electron chi connectivity index (χ3n) is 5.16. The molecule has 0 radical (unpaired) electrons. The van der Waals surface area contributed by atoms with Crippen LogP contribution in [0.3, 0.4) is 0 Å². The molecule has 0 unspecified atom stereocenters. The van der Waals surface area contributed by atoms with E-state index in [9.17, 15) is 9.59 Å². The van der Waals surface area contributed by atoms with Gasteiger partial charge in [-0.3, -0.25) is 9.59 Å². The number of anilines is 2. The number of nitrogens with zero attached hydrogens (tertiary/aromatic N) is 2. The summed E-state index contributed by atoms with van der Waals surface area (Å²) in [4.78, 5) is 24.8. The van der Waals surface area contributed by atoms with E-state index in [1.165, 1.54) is 0 Å². The molecule has 0 aliphatic rings. The molecule has 6 nitrogen and oxygen atoms in total. The Morgan fingerprint density at radius 2 is 0.824 bits per heavy atom. The number of amides is 2. The van der Waals surface area contributed by atoms with Crippen molar-refractivity contribution in [2.45, 2.75) is 13.8 Å². The zero-order chi connectivity index (χ0) is 23.9. The van der Waals surface area contributed by atoms with Crippen molar-refractivity contribution in [1.82, 2.24) is 0 Å². The third kappa shape index (κ3) is 6.01. The number of rotatable bonds is 6. The summed E-state index contributed by atoms with van der Waals surface area (Å²) in [5.74, 6) is -0.376. The molecule has 0 saturated carbocycles. The molecule has 4 rings (SSSR count). The normalized spacial score (nSPS) is 10.8. The van der Waals surface area contributed by atoms with Gasteiger partial charge in [-0.2, -0.15) is 10.2 Å². The van der Waals surface area contributed by atoms with Crippen LogP contribution in [0.25, 0.3) is 0 Å². The van der Waals surface area contributed by atoms with Gasteiger partial charge < -0.3 is 10.6 Å². The van der Waals surface area contributed by atoms with Crippen molar-refractivity contribution in [3.05, 3.63) is 119 Å². The maximum absolute atomic E-state index is 12.4. The van der Waals surface area contributed by atoms with Crippen LogP contribution in [0.15, 0.2) is 107 Å². The van der Waals surface area contributed by atoms with Crippen LogP contribution in [0.1, 0.15) is 31.8 Å². The highest BCUT2D eigenvalue weighted by atomic mass is 16.2. The van der Waals surface area contributed by atoms with Crippen molar-refractivity contribution in [2.24, 2.45) is 10.2 Å². The predicted octanol–water partition coefficient (Wildman–Crippen LogP) is 7.22. The predicted molar refractivity (Wildman–Crippen MR) is 135 cm³/mol. The van der Waals surface area contributed by atoms with Crippen molar-refractivity contribution in [1.29, 1.82) is 0 Å². The second-order valence-electron chi connectivity index (χ2n) is 7.93. The summed E-state index contributed by atoms with van der Waals surface area (Å²) in [5.41, 5.74) is 6.06. The summed E-state index contributed by atoms with van der Waals surface area (Å²) < 4.78 is 0. The molecule has 6 heteroatoms. The first-order valence-corrected chi connectivity index (χ1v) is 10.8.